The molecular weight excluding hydrogens is 406 g/mol. The minimum Gasteiger partial charge on any atom is -0.530 e. The number of aliphatic hydroxyl groups excluding tert-OH is 1. The van der Waals surface area contributed by atoms with E-state index in [1.807, 2.05) is 19.9 Å². The number of hydrogen-bond acceptors (Lipinski definition) is 6. The van der Waals surface area contributed by atoms with E-state index in [1.165, 1.54) is 28.6 Å². The SMILES string of the molecule is CC(C)CN(C[C@@H](O)[C@H](Cc1ccccc1)NC(=O)[O-])S(=O)(=O)c1ccc(N)cc1. The van der Waals surface area contributed by atoms with Gasteiger partial charge >= 0.3 is 0 Å². The predicted octanol–water partition coefficient (Wildman–Crippen LogP) is 0.821. The van der Waals surface area contributed by atoms with Crippen molar-refractivity contribution in [1.29, 1.82) is 0 Å². The molecule has 0 aliphatic rings. The summed E-state index contributed by atoms with van der Waals surface area (Å²) >= 11 is 0. The highest BCUT2D eigenvalue weighted by atomic mass is 32.2. The molecule has 0 spiro atoms. The number of carbonyl (C=O) groups is 1. The van der Waals surface area contributed by atoms with Crippen LogP contribution in [0.15, 0.2) is 59.5 Å². The van der Waals surface area contributed by atoms with Gasteiger partial charge in [0.25, 0.3) is 0 Å². The Morgan fingerprint density at radius 2 is 1.70 bits per heavy atom. The van der Waals surface area contributed by atoms with Gasteiger partial charge in [-0.15, -0.1) is 0 Å². The maximum absolute atomic E-state index is 13.1. The fraction of sp³-hybridized carbons (Fsp3) is 0.381. The highest BCUT2D eigenvalue weighted by Crippen LogP contribution is 2.20. The number of nitrogens with one attached hydrogen (secondary N) is 1. The van der Waals surface area contributed by atoms with Gasteiger partial charge in [-0.2, -0.15) is 4.31 Å². The highest BCUT2D eigenvalue weighted by molar-refractivity contribution is 7.89. The number of amides is 1. The zero-order valence-electron chi connectivity index (χ0n) is 17.1. The summed E-state index contributed by atoms with van der Waals surface area (Å²) in [4.78, 5) is 11.2. The van der Waals surface area contributed by atoms with Crippen LogP contribution in [0, 0.1) is 5.92 Å². The first kappa shape index (κ1) is 23.7. The quantitative estimate of drug-likeness (QED) is 0.474. The van der Waals surface area contributed by atoms with Crippen molar-refractivity contribution in [3.05, 3.63) is 60.2 Å². The van der Waals surface area contributed by atoms with Crippen LogP contribution in [0.4, 0.5) is 10.5 Å². The summed E-state index contributed by atoms with van der Waals surface area (Å²) in [5.74, 6) is -0.0116. The monoisotopic (exact) mass is 434 g/mol. The Morgan fingerprint density at radius 3 is 2.23 bits per heavy atom. The van der Waals surface area contributed by atoms with Crippen LogP contribution >= 0.6 is 0 Å². The second-order valence-electron chi connectivity index (χ2n) is 7.58. The van der Waals surface area contributed by atoms with E-state index >= 15 is 0 Å². The number of sulfonamides is 1. The van der Waals surface area contributed by atoms with Crippen molar-refractivity contribution >= 4 is 21.8 Å². The van der Waals surface area contributed by atoms with E-state index in [2.05, 4.69) is 5.32 Å². The number of hydrogen-bond donors (Lipinski definition) is 3. The van der Waals surface area contributed by atoms with Gasteiger partial charge in [0.05, 0.1) is 17.0 Å². The van der Waals surface area contributed by atoms with Crippen molar-refractivity contribution in [2.45, 2.75) is 37.3 Å². The van der Waals surface area contributed by atoms with Crippen LogP contribution < -0.4 is 16.2 Å². The van der Waals surface area contributed by atoms with E-state index in [4.69, 9.17) is 5.73 Å². The average Bonchev–Trinajstić information content (AvgIpc) is 2.67. The number of nitrogens with zero attached hydrogens (tertiary/aromatic N) is 1. The molecule has 0 saturated carbocycles. The molecule has 0 fully saturated rings. The van der Waals surface area contributed by atoms with Crippen molar-refractivity contribution < 1.29 is 23.4 Å². The van der Waals surface area contributed by atoms with Crippen LogP contribution in [-0.2, 0) is 16.4 Å². The number of aliphatic hydroxyl groups is 1. The second-order valence-corrected chi connectivity index (χ2v) is 9.52. The van der Waals surface area contributed by atoms with Crippen LogP contribution in [-0.4, -0.2) is 49.2 Å². The van der Waals surface area contributed by atoms with Gasteiger partial charge in [-0.3, -0.25) is 0 Å². The second kappa shape index (κ2) is 10.4. The van der Waals surface area contributed by atoms with E-state index in [-0.39, 0.29) is 30.3 Å². The lowest BCUT2D eigenvalue weighted by atomic mass is 10.0. The molecule has 0 aliphatic heterocycles. The normalized spacial score (nSPS) is 13.9. The minimum atomic E-state index is -3.92. The van der Waals surface area contributed by atoms with E-state index in [0.29, 0.717) is 5.69 Å². The van der Waals surface area contributed by atoms with E-state index in [9.17, 15) is 23.4 Å². The maximum Gasteiger partial charge on any atom is 0.243 e. The first-order chi connectivity index (χ1) is 14.1. The fourth-order valence-electron chi connectivity index (χ4n) is 3.11. The van der Waals surface area contributed by atoms with Gasteiger partial charge in [0.1, 0.15) is 6.09 Å². The Hall–Kier alpha value is -2.62. The lowest BCUT2D eigenvalue weighted by Crippen LogP contribution is -2.53. The van der Waals surface area contributed by atoms with Gasteiger partial charge in [-0.05, 0) is 42.2 Å². The molecule has 0 bridgehead atoms. The smallest absolute Gasteiger partial charge is 0.243 e. The summed E-state index contributed by atoms with van der Waals surface area (Å²) < 4.78 is 27.5. The van der Waals surface area contributed by atoms with Gasteiger partial charge in [0.2, 0.25) is 10.0 Å². The number of nitrogens with two attached hydrogens (primary N) is 1. The molecule has 0 heterocycles. The first-order valence-corrected chi connectivity index (χ1v) is 11.1. The third kappa shape index (κ3) is 6.72. The third-order valence-electron chi connectivity index (χ3n) is 4.54. The summed E-state index contributed by atoms with van der Waals surface area (Å²) in [6.45, 7) is 3.60. The summed E-state index contributed by atoms with van der Waals surface area (Å²) in [7, 11) is -3.92. The average molecular weight is 435 g/mol. The molecule has 2 rings (SSSR count). The standard InChI is InChI=1S/C21H29N3O5S/c1-15(2)13-24(30(28,29)18-10-8-17(22)9-11-18)14-20(25)19(23-21(26)27)12-16-6-4-3-5-7-16/h3-11,15,19-20,23,25H,12-14,22H2,1-2H3,(H,26,27)/p-1/t19-,20+/m0/s1. The van der Waals surface area contributed by atoms with Gasteiger partial charge in [0.15, 0.2) is 0 Å². The number of rotatable bonds is 10. The number of nitrogen functional groups attached to an aromatic ring is 1. The molecule has 0 unspecified atom stereocenters. The fourth-order valence-corrected chi connectivity index (χ4v) is 4.73. The van der Waals surface area contributed by atoms with Crippen LogP contribution in [0.5, 0.6) is 0 Å². The topological polar surface area (TPSA) is 136 Å². The summed E-state index contributed by atoms with van der Waals surface area (Å²) in [6, 6.07) is 13.9. The molecule has 0 aliphatic carbocycles. The molecule has 30 heavy (non-hydrogen) atoms. The number of carbonyl (C=O) groups excluding carboxylic acids is 1. The lowest BCUT2D eigenvalue weighted by Gasteiger charge is -2.31. The molecule has 2 aromatic rings. The van der Waals surface area contributed by atoms with E-state index in [1.54, 1.807) is 24.3 Å². The first-order valence-electron chi connectivity index (χ1n) is 9.64. The largest absolute Gasteiger partial charge is 0.530 e. The van der Waals surface area contributed by atoms with Crippen molar-refractivity contribution in [3.63, 3.8) is 0 Å². The van der Waals surface area contributed by atoms with Crippen molar-refractivity contribution in [3.8, 4) is 0 Å². The van der Waals surface area contributed by atoms with Crippen molar-refractivity contribution in [2.24, 2.45) is 5.92 Å². The summed E-state index contributed by atoms with van der Waals surface area (Å²) in [5.41, 5.74) is 6.88. The molecule has 0 aromatic heterocycles. The zero-order valence-corrected chi connectivity index (χ0v) is 17.9. The predicted molar refractivity (Wildman–Crippen MR) is 113 cm³/mol. The number of carboxylic acid groups (broad SMARTS) is 1. The molecule has 1 amide bonds. The van der Waals surface area contributed by atoms with Crippen LogP contribution in [0.1, 0.15) is 19.4 Å². The number of anilines is 1. The van der Waals surface area contributed by atoms with Gasteiger partial charge < -0.3 is 26.1 Å². The summed E-state index contributed by atoms with van der Waals surface area (Å²) in [6.07, 6.45) is -2.63. The Kier molecular flexibility index (Phi) is 8.22. The van der Waals surface area contributed by atoms with Crippen LogP contribution in [0.25, 0.3) is 0 Å². The molecule has 0 saturated heterocycles. The summed E-state index contributed by atoms with van der Waals surface area (Å²) in [5, 5.41) is 24.1. The van der Waals surface area contributed by atoms with Crippen LogP contribution in [0.2, 0.25) is 0 Å². The van der Waals surface area contributed by atoms with Crippen molar-refractivity contribution in [2.75, 3.05) is 18.8 Å². The molecule has 2 atom stereocenters. The molecule has 9 heteroatoms. The molecule has 4 N–H and O–H groups in total. The Labute approximate surface area is 177 Å². The van der Waals surface area contributed by atoms with Crippen molar-refractivity contribution in [1.82, 2.24) is 9.62 Å². The molecule has 8 nitrogen and oxygen atoms in total. The minimum absolute atomic E-state index is 0.0116. The third-order valence-corrected chi connectivity index (χ3v) is 6.39. The van der Waals surface area contributed by atoms with E-state index < -0.39 is 28.3 Å². The van der Waals surface area contributed by atoms with Crippen LogP contribution in [0.3, 0.4) is 0 Å². The molecular formula is C21H28N3O5S-. The van der Waals surface area contributed by atoms with E-state index in [0.717, 1.165) is 5.56 Å². The lowest BCUT2D eigenvalue weighted by molar-refractivity contribution is -0.252. The number of benzene rings is 2. The van der Waals surface area contributed by atoms with Gasteiger partial charge in [-0.1, -0.05) is 44.2 Å². The Morgan fingerprint density at radius 1 is 1.10 bits per heavy atom. The molecule has 2 aromatic carbocycles. The Bertz CT molecular complexity index is 917. The maximum atomic E-state index is 13.1. The molecule has 164 valence electrons. The van der Waals surface area contributed by atoms with Gasteiger partial charge in [-0.25, -0.2) is 8.42 Å². The zero-order chi connectivity index (χ0) is 22.3. The molecule has 0 radical (unpaired) electrons. The Balaban J connectivity index is 2.27. The highest BCUT2D eigenvalue weighted by Gasteiger charge is 2.30. The van der Waals surface area contributed by atoms with Gasteiger partial charge in [0, 0.05) is 18.8 Å².